The number of carbonyl (C=O) groups is 1. The first kappa shape index (κ1) is 15.5. The van der Waals surface area contributed by atoms with Crippen molar-refractivity contribution < 1.29 is 9.21 Å². The van der Waals surface area contributed by atoms with Crippen molar-refractivity contribution in [2.45, 2.75) is 58.3 Å². The Hall–Kier alpha value is -1.91. The van der Waals surface area contributed by atoms with Gasteiger partial charge in [0.1, 0.15) is 0 Å². The van der Waals surface area contributed by atoms with Crippen LogP contribution in [0.3, 0.4) is 0 Å². The van der Waals surface area contributed by atoms with Crippen LogP contribution >= 0.6 is 0 Å². The fourth-order valence-electron chi connectivity index (χ4n) is 2.42. The molecule has 0 unspecified atom stereocenters. The minimum atomic E-state index is -0.642. The van der Waals surface area contributed by atoms with E-state index in [0.29, 0.717) is 17.7 Å². The lowest BCUT2D eigenvalue weighted by molar-refractivity contribution is 0.0895. The van der Waals surface area contributed by atoms with Gasteiger partial charge in [0.25, 0.3) is 0 Å². The zero-order chi connectivity index (χ0) is 15.1. The van der Waals surface area contributed by atoms with Gasteiger partial charge in [-0.05, 0) is 18.6 Å². The molecule has 0 N–H and O–H groups in total. The zero-order valence-corrected chi connectivity index (χ0v) is 12.5. The molecular formula is C16H22N2O3. The topological polar surface area (TPSA) is 65.1 Å². The number of pyridine rings is 1. The van der Waals surface area contributed by atoms with E-state index in [4.69, 9.17) is 4.42 Å². The maximum absolute atomic E-state index is 12.1. The van der Waals surface area contributed by atoms with Crippen LogP contribution in [0.4, 0.5) is 0 Å². The Bertz CT molecular complexity index is 642. The van der Waals surface area contributed by atoms with Crippen molar-refractivity contribution >= 4 is 17.1 Å². The molecule has 0 saturated heterocycles. The van der Waals surface area contributed by atoms with E-state index >= 15 is 0 Å². The first-order valence-electron chi connectivity index (χ1n) is 7.74. The third-order valence-electron chi connectivity index (χ3n) is 3.59. The molecule has 0 aromatic carbocycles. The van der Waals surface area contributed by atoms with Gasteiger partial charge in [-0.3, -0.25) is 4.79 Å². The molecule has 0 bridgehead atoms. The van der Waals surface area contributed by atoms with Gasteiger partial charge < -0.3 is 4.42 Å². The molecular weight excluding hydrogens is 268 g/mol. The lowest BCUT2D eigenvalue weighted by Crippen LogP contribution is -2.22. The van der Waals surface area contributed by atoms with Crippen LogP contribution < -0.4 is 5.76 Å². The maximum atomic E-state index is 12.1. The second-order valence-electron chi connectivity index (χ2n) is 5.29. The molecule has 0 saturated carbocycles. The molecule has 0 spiro atoms. The molecule has 0 aliphatic rings. The predicted molar refractivity (Wildman–Crippen MR) is 81.5 cm³/mol. The van der Waals surface area contributed by atoms with Crippen LogP contribution in [0, 0.1) is 0 Å². The number of rotatable bonds is 8. The summed E-state index contributed by atoms with van der Waals surface area (Å²) < 4.78 is 6.06. The lowest BCUT2D eigenvalue weighted by atomic mass is 10.1. The van der Waals surface area contributed by atoms with Crippen LogP contribution in [0.5, 0.6) is 0 Å². The first-order valence-corrected chi connectivity index (χ1v) is 7.74. The molecule has 2 rings (SSSR count). The molecule has 5 heteroatoms. The van der Waals surface area contributed by atoms with E-state index in [1.54, 1.807) is 18.3 Å². The number of hydrogen-bond donors (Lipinski definition) is 0. The van der Waals surface area contributed by atoms with E-state index in [2.05, 4.69) is 11.9 Å². The highest BCUT2D eigenvalue weighted by Crippen LogP contribution is 2.12. The van der Waals surface area contributed by atoms with Gasteiger partial charge in [-0.1, -0.05) is 45.4 Å². The largest absolute Gasteiger partial charge is 0.428 e. The van der Waals surface area contributed by atoms with E-state index in [0.717, 1.165) is 23.8 Å². The summed E-state index contributed by atoms with van der Waals surface area (Å²) in [4.78, 5) is 27.9. The van der Waals surface area contributed by atoms with E-state index < -0.39 is 5.76 Å². The van der Waals surface area contributed by atoms with Crippen LogP contribution in [0.2, 0.25) is 0 Å². The van der Waals surface area contributed by atoms with E-state index in [1.165, 1.54) is 25.7 Å². The van der Waals surface area contributed by atoms with Crippen LogP contribution in [0.25, 0.3) is 11.2 Å². The van der Waals surface area contributed by atoms with E-state index in [-0.39, 0.29) is 5.91 Å². The molecule has 2 aromatic rings. The highest BCUT2D eigenvalue weighted by atomic mass is 16.4. The van der Waals surface area contributed by atoms with Crippen molar-refractivity contribution in [3.63, 3.8) is 0 Å². The monoisotopic (exact) mass is 290 g/mol. The first-order chi connectivity index (χ1) is 10.2. The summed E-state index contributed by atoms with van der Waals surface area (Å²) in [6.45, 7) is 2.19. The second kappa shape index (κ2) is 7.76. The Morgan fingerprint density at radius 2 is 1.90 bits per heavy atom. The molecule has 2 aromatic heterocycles. The Kier molecular flexibility index (Phi) is 5.72. The van der Waals surface area contributed by atoms with Crippen molar-refractivity contribution in [1.29, 1.82) is 0 Å². The number of oxazole rings is 1. The Morgan fingerprint density at radius 1 is 1.19 bits per heavy atom. The summed E-state index contributed by atoms with van der Waals surface area (Å²) in [6, 6.07) is 3.32. The SMILES string of the molecule is CCCCCCCCCC(=O)n1c(=O)oc2cccnc21. The molecule has 21 heavy (non-hydrogen) atoms. The van der Waals surface area contributed by atoms with Gasteiger partial charge in [-0.25, -0.2) is 9.78 Å². The average molecular weight is 290 g/mol. The Labute approximate surface area is 124 Å². The maximum Gasteiger partial charge on any atom is 0.428 e. The predicted octanol–water partition coefficient (Wildman–Crippen LogP) is 3.77. The normalized spacial score (nSPS) is 11.1. The van der Waals surface area contributed by atoms with Gasteiger partial charge in [0.15, 0.2) is 11.2 Å². The molecule has 0 radical (unpaired) electrons. The summed E-state index contributed by atoms with van der Waals surface area (Å²) >= 11 is 0. The van der Waals surface area contributed by atoms with Crippen molar-refractivity contribution in [3.8, 4) is 0 Å². The number of nitrogens with zero attached hydrogens (tertiary/aromatic N) is 2. The summed E-state index contributed by atoms with van der Waals surface area (Å²) in [5, 5.41) is 0. The van der Waals surface area contributed by atoms with Gasteiger partial charge in [0.05, 0.1) is 0 Å². The van der Waals surface area contributed by atoms with Gasteiger partial charge in [0.2, 0.25) is 5.91 Å². The third kappa shape index (κ3) is 4.03. The quantitative estimate of drug-likeness (QED) is 0.694. The molecule has 2 heterocycles. The molecule has 0 fully saturated rings. The van der Waals surface area contributed by atoms with Crippen molar-refractivity contribution in [2.24, 2.45) is 0 Å². The summed E-state index contributed by atoms with van der Waals surface area (Å²) in [7, 11) is 0. The minimum absolute atomic E-state index is 0.231. The van der Waals surface area contributed by atoms with Crippen molar-refractivity contribution in [1.82, 2.24) is 9.55 Å². The summed E-state index contributed by atoms with van der Waals surface area (Å²) in [5.74, 6) is -0.873. The molecule has 0 amide bonds. The van der Waals surface area contributed by atoms with Crippen molar-refractivity contribution in [2.75, 3.05) is 0 Å². The highest BCUT2D eigenvalue weighted by Gasteiger charge is 2.16. The second-order valence-corrected chi connectivity index (χ2v) is 5.29. The standard InChI is InChI=1S/C16H22N2O3/c1-2-3-4-5-6-7-8-11-14(19)18-15-13(21-16(18)20)10-9-12-17-15/h9-10,12H,2-8,11H2,1H3. The highest BCUT2D eigenvalue weighted by molar-refractivity contribution is 5.87. The van der Waals surface area contributed by atoms with Gasteiger partial charge >= 0.3 is 5.76 Å². The van der Waals surface area contributed by atoms with Gasteiger partial charge in [-0.15, -0.1) is 0 Å². The Morgan fingerprint density at radius 3 is 2.67 bits per heavy atom. The summed E-state index contributed by atoms with van der Waals surface area (Å²) in [6.07, 6.45) is 9.88. The van der Waals surface area contributed by atoms with Crippen LogP contribution in [0.15, 0.2) is 27.5 Å². The fourth-order valence-corrected chi connectivity index (χ4v) is 2.42. The molecule has 0 aliphatic carbocycles. The van der Waals surface area contributed by atoms with Gasteiger partial charge in [0, 0.05) is 12.6 Å². The fraction of sp³-hybridized carbons (Fsp3) is 0.562. The Balaban J connectivity index is 1.85. The smallest absolute Gasteiger partial charge is 0.406 e. The molecule has 0 atom stereocenters. The number of hydrogen-bond acceptors (Lipinski definition) is 4. The number of unbranched alkanes of at least 4 members (excludes halogenated alkanes) is 6. The minimum Gasteiger partial charge on any atom is -0.406 e. The van der Waals surface area contributed by atoms with Crippen molar-refractivity contribution in [3.05, 3.63) is 28.9 Å². The summed E-state index contributed by atoms with van der Waals surface area (Å²) in [5.41, 5.74) is 0.672. The van der Waals surface area contributed by atoms with Gasteiger partial charge in [-0.2, -0.15) is 4.57 Å². The molecule has 0 aliphatic heterocycles. The lowest BCUT2D eigenvalue weighted by Gasteiger charge is -2.02. The van der Waals surface area contributed by atoms with E-state index in [1.807, 2.05) is 0 Å². The number of fused-ring (bicyclic) bond motifs is 1. The van der Waals surface area contributed by atoms with Crippen LogP contribution in [0.1, 0.15) is 63.1 Å². The van der Waals surface area contributed by atoms with Crippen LogP contribution in [-0.4, -0.2) is 15.5 Å². The molecule has 5 nitrogen and oxygen atoms in total. The van der Waals surface area contributed by atoms with E-state index in [9.17, 15) is 9.59 Å². The zero-order valence-electron chi connectivity index (χ0n) is 12.5. The average Bonchev–Trinajstić information content (AvgIpc) is 2.82. The third-order valence-corrected chi connectivity index (χ3v) is 3.59. The molecule has 114 valence electrons. The number of carbonyl (C=O) groups excluding carboxylic acids is 1. The number of aromatic nitrogens is 2. The van der Waals surface area contributed by atoms with Crippen LogP contribution in [-0.2, 0) is 0 Å².